The number of amides is 1. The minimum Gasteiger partial charge on any atom is -0.379 e. The molecule has 1 N–H and O–H groups in total. The van der Waals surface area contributed by atoms with Crippen molar-refractivity contribution in [2.45, 2.75) is 13.1 Å². The number of rotatable bonds is 6. The van der Waals surface area contributed by atoms with Gasteiger partial charge in [-0.3, -0.25) is 18.7 Å². The topological polar surface area (TPSA) is 76.7 Å². The Hall–Kier alpha value is -3.01. The molecule has 0 atom stereocenters. The fourth-order valence-corrected chi connectivity index (χ4v) is 4.22. The summed E-state index contributed by atoms with van der Waals surface area (Å²) in [5.41, 5.74) is 2.43. The van der Waals surface area contributed by atoms with Gasteiger partial charge in [0.25, 0.3) is 5.91 Å². The summed E-state index contributed by atoms with van der Waals surface area (Å²) in [6, 6.07) is 10.0. The Labute approximate surface area is 177 Å². The third-order valence-corrected chi connectivity index (χ3v) is 6.01. The number of pyridine rings is 1. The number of thiophene rings is 1. The molecule has 4 aromatic rings. The van der Waals surface area contributed by atoms with Crippen molar-refractivity contribution in [2.24, 2.45) is 0 Å². The predicted octanol–water partition coefficient (Wildman–Crippen LogP) is 2.34. The van der Waals surface area contributed by atoms with Gasteiger partial charge in [0.05, 0.1) is 31.0 Å². The standard InChI is InChI=1S/C21H22N6O2S/c28-20(22-12-16-4-3-11-30-16)18-14-26(15-23-18)21-24-17(13-25-7-9-29-10-8-25)19-5-1-2-6-27(19)21/h1-6,11,14-15H,7-10,12-13H2,(H,22,28). The van der Waals surface area contributed by atoms with Gasteiger partial charge < -0.3 is 10.1 Å². The second-order valence-electron chi connectivity index (χ2n) is 7.13. The summed E-state index contributed by atoms with van der Waals surface area (Å²) >= 11 is 1.62. The van der Waals surface area contributed by atoms with Crippen LogP contribution in [0.5, 0.6) is 0 Å². The first-order valence-electron chi connectivity index (χ1n) is 9.89. The van der Waals surface area contributed by atoms with Crippen LogP contribution in [0.2, 0.25) is 0 Å². The maximum absolute atomic E-state index is 12.5. The van der Waals surface area contributed by atoms with Crippen molar-refractivity contribution in [3.63, 3.8) is 0 Å². The van der Waals surface area contributed by atoms with Gasteiger partial charge in [-0.1, -0.05) is 12.1 Å². The lowest BCUT2D eigenvalue weighted by molar-refractivity contribution is 0.0339. The van der Waals surface area contributed by atoms with Crippen molar-refractivity contribution in [2.75, 3.05) is 26.3 Å². The maximum Gasteiger partial charge on any atom is 0.271 e. The van der Waals surface area contributed by atoms with Crippen LogP contribution < -0.4 is 5.32 Å². The Morgan fingerprint density at radius 2 is 2.10 bits per heavy atom. The molecule has 8 nitrogen and oxygen atoms in total. The van der Waals surface area contributed by atoms with E-state index in [0.29, 0.717) is 12.2 Å². The number of nitrogens with one attached hydrogen (secondary N) is 1. The number of ether oxygens (including phenoxy) is 1. The van der Waals surface area contributed by atoms with E-state index >= 15 is 0 Å². The molecule has 0 radical (unpaired) electrons. The van der Waals surface area contributed by atoms with Crippen molar-refractivity contribution < 1.29 is 9.53 Å². The average molecular weight is 423 g/mol. The van der Waals surface area contributed by atoms with Crippen LogP contribution in [0.1, 0.15) is 21.1 Å². The van der Waals surface area contributed by atoms with E-state index in [4.69, 9.17) is 9.72 Å². The summed E-state index contributed by atoms with van der Waals surface area (Å²) < 4.78 is 9.29. The fraction of sp³-hybridized carbons (Fsp3) is 0.286. The second kappa shape index (κ2) is 8.39. The third-order valence-electron chi connectivity index (χ3n) is 5.13. The highest BCUT2D eigenvalue weighted by Crippen LogP contribution is 2.19. The second-order valence-corrected chi connectivity index (χ2v) is 8.16. The van der Waals surface area contributed by atoms with Crippen molar-refractivity contribution in [3.8, 4) is 5.95 Å². The van der Waals surface area contributed by atoms with Crippen LogP contribution in [0.25, 0.3) is 11.5 Å². The number of fused-ring (bicyclic) bond motifs is 1. The first-order chi connectivity index (χ1) is 14.8. The molecule has 1 aliphatic heterocycles. The maximum atomic E-state index is 12.5. The first kappa shape index (κ1) is 19.0. The summed E-state index contributed by atoms with van der Waals surface area (Å²) in [6.07, 6.45) is 5.35. The van der Waals surface area contributed by atoms with E-state index in [9.17, 15) is 4.79 Å². The summed E-state index contributed by atoms with van der Waals surface area (Å²) in [7, 11) is 0. The van der Waals surface area contributed by atoms with Crippen LogP contribution in [0.4, 0.5) is 0 Å². The number of carbonyl (C=O) groups excluding carboxylic acids is 1. The number of hydrogen-bond acceptors (Lipinski definition) is 6. The van der Waals surface area contributed by atoms with Gasteiger partial charge in [0.15, 0.2) is 0 Å². The smallest absolute Gasteiger partial charge is 0.271 e. The molecule has 0 bridgehead atoms. The molecule has 0 saturated carbocycles. The van der Waals surface area contributed by atoms with E-state index in [1.54, 1.807) is 28.4 Å². The van der Waals surface area contributed by atoms with E-state index in [2.05, 4.69) is 21.3 Å². The monoisotopic (exact) mass is 422 g/mol. The average Bonchev–Trinajstić information content (AvgIpc) is 3.53. The van der Waals surface area contributed by atoms with Crippen LogP contribution >= 0.6 is 11.3 Å². The zero-order valence-corrected chi connectivity index (χ0v) is 17.2. The first-order valence-corrected chi connectivity index (χ1v) is 10.8. The molecule has 0 aliphatic carbocycles. The Kier molecular flexibility index (Phi) is 5.31. The molecule has 1 aliphatic rings. The molecule has 154 valence electrons. The lowest BCUT2D eigenvalue weighted by Gasteiger charge is -2.25. The summed E-state index contributed by atoms with van der Waals surface area (Å²) in [6.45, 7) is 4.58. The number of nitrogens with zero attached hydrogens (tertiary/aromatic N) is 5. The highest BCUT2D eigenvalue weighted by molar-refractivity contribution is 7.09. The number of carbonyl (C=O) groups is 1. The summed E-state index contributed by atoms with van der Waals surface area (Å²) in [5.74, 6) is 0.523. The SMILES string of the molecule is O=C(NCc1cccs1)c1cn(-c2nc(CN3CCOCC3)c3ccccn23)cn1. The van der Waals surface area contributed by atoms with Gasteiger partial charge in [-0.2, -0.15) is 0 Å². The Balaban J connectivity index is 1.38. The molecule has 4 aromatic heterocycles. The van der Waals surface area contributed by atoms with E-state index in [-0.39, 0.29) is 5.91 Å². The molecule has 5 heterocycles. The molecule has 0 unspecified atom stereocenters. The lowest BCUT2D eigenvalue weighted by Crippen LogP contribution is -2.35. The molecule has 1 amide bonds. The van der Waals surface area contributed by atoms with E-state index in [0.717, 1.165) is 54.9 Å². The zero-order valence-electron chi connectivity index (χ0n) is 16.4. The molecular weight excluding hydrogens is 400 g/mol. The predicted molar refractivity (Wildman–Crippen MR) is 114 cm³/mol. The van der Waals surface area contributed by atoms with Crippen LogP contribution in [0, 0.1) is 0 Å². The summed E-state index contributed by atoms with van der Waals surface area (Å²) in [5, 5.41) is 4.91. The molecule has 5 rings (SSSR count). The van der Waals surface area contributed by atoms with Crippen molar-refractivity contribution >= 4 is 22.8 Å². The Morgan fingerprint density at radius 3 is 2.93 bits per heavy atom. The van der Waals surface area contributed by atoms with Crippen LogP contribution in [-0.2, 0) is 17.8 Å². The number of imidazole rings is 2. The normalized spacial score (nSPS) is 14.9. The molecule has 0 aromatic carbocycles. The van der Waals surface area contributed by atoms with Gasteiger partial charge in [0.1, 0.15) is 12.0 Å². The van der Waals surface area contributed by atoms with Crippen molar-refractivity contribution in [1.82, 2.24) is 29.2 Å². The van der Waals surface area contributed by atoms with Crippen molar-refractivity contribution in [3.05, 3.63) is 70.7 Å². The number of hydrogen-bond donors (Lipinski definition) is 1. The van der Waals surface area contributed by atoms with Gasteiger partial charge in [0, 0.05) is 36.9 Å². The van der Waals surface area contributed by atoms with Crippen LogP contribution in [0.15, 0.2) is 54.4 Å². The van der Waals surface area contributed by atoms with E-state index < -0.39 is 0 Å². The zero-order chi connectivity index (χ0) is 20.3. The molecule has 1 fully saturated rings. The highest BCUT2D eigenvalue weighted by Gasteiger charge is 2.18. The quantitative estimate of drug-likeness (QED) is 0.516. The Morgan fingerprint density at radius 1 is 1.20 bits per heavy atom. The van der Waals surface area contributed by atoms with Crippen LogP contribution in [0.3, 0.4) is 0 Å². The molecule has 30 heavy (non-hydrogen) atoms. The molecular formula is C21H22N6O2S. The number of aromatic nitrogens is 4. The van der Waals surface area contributed by atoms with Crippen molar-refractivity contribution in [1.29, 1.82) is 0 Å². The number of morpholine rings is 1. The van der Waals surface area contributed by atoms with Gasteiger partial charge >= 0.3 is 0 Å². The molecule has 1 saturated heterocycles. The van der Waals surface area contributed by atoms with Gasteiger partial charge in [-0.15, -0.1) is 11.3 Å². The minimum absolute atomic E-state index is 0.198. The fourth-order valence-electron chi connectivity index (χ4n) is 3.57. The largest absolute Gasteiger partial charge is 0.379 e. The Bertz CT molecular complexity index is 1140. The van der Waals surface area contributed by atoms with E-state index in [1.807, 2.05) is 40.2 Å². The van der Waals surface area contributed by atoms with Gasteiger partial charge in [0.2, 0.25) is 5.95 Å². The lowest BCUT2D eigenvalue weighted by atomic mass is 10.3. The minimum atomic E-state index is -0.198. The van der Waals surface area contributed by atoms with Crippen LogP contribution in [-0.4, -0.2) is 56.0 Å². The summed E-state index contributed by atoms with van der Waals surface area (Å²) in [4.78, 5) is 25.1. The third kappa shape index (κ3) is 3.87. The molecule has 9 heteroatoms. The molecule has 0 spiro atoms. The van der Waals surface area contributed by atoms with Gasteiger partial charge in [-0.25, -0.2) is 9.97 Å². The van der Waals surface area contributed by atoms with Gasteiger partial charge in [-0.05, 0) is 23.6 Å². The van der Waals surface area contributed by atoms with E-state index in [1.165, 1.54) is 0 Å². The highest BCUT2D eigenvalue weighted by atomic mass is 32.1.